The van der Waals surface area contributed by atoms with Gasteiger partial charge in [0.05, 0.1) is 38.4 Å². The minimum atomic E-state index is -0.532. The third kappa shape index (κ3) is 16.6. The number of quaternary nitrogens is 1. The Balaban J connectivity index is 1.51. The molecule has 0 saturated carbocycles. The van der Waals surface area contributed by atoms with Crippen LogP contribution in [0.1, 0.15) is 231 Å². The first-order chi connectivity index (χ1) is 26.7. The number of methoxy groups -OCH3 is 1. The fourth-order valence-electron chi connectivity index (χ4n) is 8.69. The van der Waals surface area contributed by atoms with E-state index in [1.54, 1.807) is 6.07 Å². The van der Waals surface area contributed by atoms with Crippen molar-refractivity contribution in [3.8, 4) is 17.2 Å². The van der Waals surface area contributed by atoms with Crippen molar-refractivity contribution in [2.45, 2.75) is 200 Å². The van der Waals surface area contributed by atoms with Crippen molar-refractivity contribution in [1.82, 2.24) is 0 Å². The second-order valence-electron chi connectivity index (χ2n) is 17.2. The molecule has 2 N–H and O–H groups in total. The van der Waals surface area contributed by atoms with Crippen LogP contribution in [-0.2, 0) is 6.54 Å². The van der Waals surface area contributed by atoms with Crippen LogP contribution in [0.2, 0.25) is 0 Å². The fraction of sp³-hybridized carbons (Fsp3) is 0.714. The summed E-state index contributed by atoms with van der Waals surface area (Å²) < 4.78 is 6.12. The molecule has 1 aliphatic rings. The van der Waals surface area contributed by atoms with Gasteiger partial charge in [0.1, 0.15) is 23.8 Å². The van der Waals surface area contributed by atoms with Crippen LogP contribution in [0.15, 0.2) is 24.3 Å². The van der Waals surface area contributed by atoms with Gasteiger partial charge in [0.15, 0.2) is 5.78 Å². The van der Waals surface area contributed by atoms with Crippen LogP contribution in [0, 0.1) is 0 Å². The number of phenolic OH excluding ortho intramolecular Hbond substituents is 2. The molecule has 0 unspecified atom stereocenters. The van der Waals surface area contributed by atoms with E-state index in [-0.39, 0.29) is 39.5 Å². The molecule has 6 heteroatoms. The smallest absolute Gasteiger partial charge is 0.201 e. The van der Waals surface area contributed by atoms with Crippen molar-refractivity contribution in [3.05, 3.63) is 52.1 Å². The van der Waals surface area contributed by atoms with Gasteiger partial charge in [0, 0.05) is 22.8 Å². The molecule has 0 spiro atoms. The predicted molar refractivity (Wildman–Crippen MR) is 230 cm³/mol. The van der Waals surface area contributed by atoms with Crippen LogP contribution in [-0.4, -0.2) is 53.5 Å². The Labute approximate surface area is 336 Å². The van der Waals surface area contributed by atoms with Crippen molar-refractivity contribution in [3.63, 3.8) is 0 Å². The van der Waals surface area contributed by atoms with E-state index in [0.717, 1.165) is 36.0 Å². The monoisotopic (exact) mass is 763 g/mol. The summed E-state index contributed by atoms with van der Waals surface area (Å²) in [6, 6.07) is 6.31. The van der Waals surface area contributed by atoms with E-state index in [4.69, 9.17) is 4.74 Å². The summed E-state index contributed by atoms with van der Waals surface area (Å²) in [5, 5.41) is 21.8. The van der Waals surface area contributed by atoms with Crippen LogP contribution < -0.4 is 4.74 Å². The molecule has 0 fully saturated rings. The summed E-state index contributed by atoms with van der Waals surface area (Å²) in [6.07, 6.45) is 37.6. The second-order valence-corrected chi connectivity index (χ2v) is 17.2. The number of phenols is 2. The van der Waals surface area contributed by atoms with Crippen LogP contribution in [0.25, 0.3) is 0 Å². The highest BCUT2D eigenvalue weighted by atomic mass is 16.5. The summed E-state index contributed by atoms with van der Waals surface area (Å²) in [4.78, 5) is 27.2. The average Bonchev–Trinajstić information content (AvgIpc) is 3.16. The van der Waals surface area contributed by atoms with Gasteiger partial charge < -0.3 is 19.4 Å². The topological polar surface area (TPSA) is 83.8 Å². The van der Waals surface area contributed by atoms with Gasteiger partial charge in [-0.3, -0.25) is 9.59 Å². The maximum atomic E-state index is 13.7. The number of ketones is 2. The molecule has 0 aliphatic heterocycles. The highest BCUT2D eigenvalue weighted by Crippen LogP contribution is 2.40. The van der Waals surface area contributed by atoms with E-state index in [0.29, 0.717) is 12.3 Å². The number of nitrogens with zero attached hydrogens (tertiary/aromatic N) is 1. The van der Waals surface area contributed by atoms with Crippen LogP contribution in [0.5, 0.6) is 17.2 Å². The molecular weight excluding hydrogens is 683 g/mol. The Morgan fingerprint density at radius 1 is 0.473 bits per heavy atom. The summed E-state index contributed by atoms with van der Waals surface area (Å²) in [5.41, 5.74) is 1.10. The summed E-state index contributed by atoms with van der Waals surface area (Å²) in [5.74, 6) is -1.09. The summed E-state index contributed by atoms with van der Waals surface area (Å²) in [7, 11) is 3.79. The van der Waals surface area contributed by atoms with Crippen molar-refractivity contribution < 1.29 is 29.0 Å². The molecule has 6 nitrogen and oxygen atoms in total. The van der Waals surface area contributed by atoms with Gasteiger partial charge in [0.2, 0.25) is 5.78 Å². The number of carbonyl (C=O) groups is 2. The van der Waals surface area contributed by atoms with E-state index in [2.05, 4.69) is 20.9 Å². The number of hydrogen-bond acceptors (Lipinski definition) is 5. The lowest BCUT2D eigenvalue weighted by Gasteiger charge is -2.35. The number of carbonyl (C=O) groups excluding carboxylic acids is 2. The molecular formula is C49H80NO5+. The minimum absolute atomic E-state index is 0.0186. The van der Waals surface area contributed by atoms with Gasteiger partial charge in [-0.2, -0.15) is 0 Å². The first-order valence-electron chi connectivity index (χ1n) is 22.9. The van der Waals surface area contributed by atoms with E-state index < -0.39 is 5.78 Å². The number of ether oxygens (including phenoxy) is 1. The molecule has 3 rings (SSSR count). The fourth-order valence-corrected chi connectivity index (χ4v) is 8.69. The Morgan fingerprint density at radius 3 is 1.20 bits per heavy atom. The molecule has 0 amide bonds. The van der Waals surface area contributed by atoms with Crippen LogP contribution in [0.4, 0.5) is 0 Å². The lowest BCUT2D eigenvalue weighted by Crippen LogP contribution is -2.44. The van der Waals surface area contributed by atoms with Gasteiger partial charge in [0.25, 0.3) is 0 Å². The third-order valence-corrected chi connectivity index (χ3v) is 12.1. The second kappa shape index (κ2) is 26.9. The lowest BCUT2D eigenvalue weighted by molar-refractivity contribution is -0.923. The van der Waals surface area contributed by atoms with Gasteiger partial charge in [-0.05, 0) is 43.9 Å². The number of hydrogen-bond donors (Lipinski definition) is 2. The van der Waals surface area contributed by atoms with E-state index >= 15 is 0 Å². The third-order valence-electron chi connectivity index (χ3n) is 12.1. The SMILES string of the molecule is CCCCCCCCCCCCCCCC[N+](C)(CCCCCCCCCCCCCCCC)Cc1cc(O)c2c(c1)C(=O)c1cc(OC)cc(O)c1C2=O. The molecule has 0 atom stereocenters. The zero-order valence-electron chi connectivity index (χ0n) is 35.8. The Bertz CT molecular complexity index is 1370. The molecule has 0 saturated heterocycles. The van der Waals surface area contributed by atoms with Gasteiger partial charge >= 0.3 is 0 Å². The van der Waals surface area contributed by atoms with Gasteiger partial charge in [-0.25, -0.2) is 0 Å². The maximum absolute atomic E-state index is 13.7. The molecule has 0 aromatic heterocycles. The number of unbranched alkanes of at least 4 members (excludes halogenated alkanes) is 26. The molecule has 310 valence electrons. The lowest BCUT2D eigenvalue weighted by atomic mass is 9.82. The van der Waals surface area contributed by atoms with Crippen molar-refractivity contribution >= 4 is 11.6 Å². The number of benzene rings is 2. The minimum Gasteiger partial charge on any atom is -0.507 e. The van der Waals surface area contributed by atoms with E-state index in [1.807, 2.05) is 6.07 Å². The van der Waals surface area contributed by atoms with E-state index in [9.17, 15) is 19.8 Å². The Hall–Kier alpha value is -2.86. The largest absolute Gasteiger partial charge is 0.507 e. The van der Waals surface area contributed by atoms with Crippen molar-refractivity contribution in [1.29, 1.82) is 0 Å². The molecule has 55 heavy (non-hydrogen) atoms. The molecule has 2 aromatic rings. The summed E-state index contributed by atoms with van der Waals surface area (Å²) in [6.45, 7) is 7.35. The Kier molecular flexibility index (Phi) is 22.7. The number of fused-ring (bicyclic) bond motifs is 2. The maximum Gasteiger partial charge on any atom is 0.201 e. The summed E-state index contributed by atoms with van der Waals surface area (Å²) >= 11 is 0. The first-order valence-corrected chi connectivity index (χ1v) is 22.9. The van der Waals surface area contributed by atoms with Crippen LogP contribution in [0.3, 0.4) is 0 Å². The zero-order chi connectivity index (χ0) is 39.7. The van der Waals surface area contributed by atoms with Gasteiger partial charge in [-0.15, -0.1) is 0 Å². The number of rotatable bonds is 33. The molecule has 2 aromatic carbocycles. The van der Waals surface area contributed by atoms with Gasteiger partial charge in [-0.1, -0.05) is 168 Å². The highest BCUT2D eigenvalue weighted by molar-refractivity contribution is 6.30. The normalized spacial score (nSPS) is 12.7. The predicted octanol–water partition coefficient (Wildman–Crippen LogP) is 13.8. The highest BCUT2D eigenvalue weighted by Gasteiger charge is 2.36. The van der Waals surface area contributed by atoms with Crippen LogP contribution >= 0.6 is 0 Å². The average molecular weight is 763 g/mol. The van der Waals surface area contributed by atoms with Crippen molar-refractivity contribution in [2.24, 2.45) is 0 Å². The first kappa shape index (κ1) is 46.5. The van der Waals surface area contributed by atoms with E-state index in [1.165, 1.54) is 186 Å². The standard InChI is InChI=1S/C49H79NO5/c1-5-7-9-11-13-15-17-19-21-23-25-27-29-31-33-50(3,34-32-30-28-26-24-22-20-18-16-14-12-10-8-6-2)39-40-35-42-46(44(51)36-40)49(54)47-43(48(42)53)37-41(55-4)38-45(47)52/h35-38H,5-34,39H2,1-4H3,(H-,51,52,54)/p+1. The van der Waals surface area contributed by atoms with Crippen molar-refractivity contribution in [2.75, 3.05) is 27.2 Å². The quantitative estimate of drug-likeness (QED) is 0.0477. The molecule has 0 radical (unpaired) electrons. The number of aromatic hydroxyl groups is 2. The Morgan fingerprint density at radius 2 is 0.818 bits per heavy atom. The zero-order valence-corrected chi connectivity index (χ0v) is 35.8. The molecule has 0 bridgehead atoms. The molecule has 0 heterocycles. The molecule has 1 aliphatic carbocycles.